The van der Waals surface area contributed by atoms with Crippen LogP contribution in [0.3, 0.4) is 0 Å². The van der Waals surface area contributed by atoms with E-state index in [-0.39, 0.29) is 11.9 Å². The Labute approximate surface area is 104 Å². The second kappa shape index (κ2) is 5.83. The van der Waals surface area contributed by atoms with E-state index in [0.29, 0.717) is 6.04 Å². The Balaban J connectivity index is 1.67. The molecule has 2 atom stereocenters. The average Bonchev–Trinajstić information content (AvgIpc) is 3.20. The first-order chi connectivity index (χ1) is 8.18. The summed E-state index contributed by atoms with van der Waals surface area (Å²) in [6, 6.07) is 1.24. The number of piperidine rings is 1. The lowest BCUT2D eigenvalue weighted by Crippen LogP contribution is -2.49. The summed E-state index contributed by atoms with van der Waals surface area (Å²) in [4.78, 5) is 14.3. The molecule has 0 aromatic rings. The molecule has 1 saturated heterocycles. The SMILES string of the molecule is CC(CNC(=O)[C@@H]1CCCCN1)N(C)C1CC1. The van der Waals surface area contributed by atoms with E-state index in [1.807, 2.05) is 0 Å². The van der Waals surface area contributed by atoms with Crippen LogP contribution in [0.2, 0.25) is 0 Å². The largest absolute Gasteiger partial charge is 0.353 e. The van der Waals surface area contributed by atoms with Crippen LogP contribution in [-0.4, -0.2) is 49.1 Å². The van der Waals surface area contributed by atoms with Gasteiger partial charge in [-0.2, -0.15) is 0 Å². The lowest BCUT2D eigenvalue weighted by Gasteiger charge is -2.27. The number of amides is 1. The summed E-state index contributed by atoms with van der Waals surface area (Å²) in [5.74, 6) is 0.181. The summed E-state index contributed by atoms with van der Waals surface area (Å²) in [5.41, 5.74) is 0. The van der Waals surface area contributed by atoms with Crippen LogP contribution < -0.4 is 10.6 Å². The zero-order valence-corrected chi connectivity index (χ0v) is 11.0. The molecule has 1 unspecified atom stereocenters. The normalized spacial score (nSPS) is 26.9. The van der Waals surface area contributed by atoms with E-state index in [4.69, 9.17) is 0 Å². The van der Waals surface area contributed by atoms with Crippen molar-refractivity contribution in [2.75, 3.05) is 20.1 Å². The fraction of sp³-hybridized carbons (Fsp3) is 0.923. The Bertz CT molecular complexity index is 259. The van der Waals surface area contributed by atoms with Gasteiger partial charge in [-0.1, -0.05) is 6.42 Å². The molecule has 4 heteroatoms. The van der Waals surface area contributed by atoms with Crippen LogP contribution in [0.15, 0.2) is 0 Å². The van der Waals surface area contributed by atoms with Crippen molar-refractivity contribution in [2.24, 2.45) is 0 Å². The lowest BCUT2D eigenvalue weighted by molar-refractivity contribution is -0.123. The summed E-state index contributed by atoms with van der Waals surface area (Å²) in [7, 11) is 2.16. The van der Waals surface area contributed by atoms with E-state index in [1.165, 1.54) is 25.7 Å². The summed E-state index contributed by atoms with van der Waals surface area (Å²) in [5, 5.41) is 6.35. The number of nitrogens with zero attached hydrogens (tertiary/aromatic N) is 1. The van der Waals surface area contributed by atoms with E-state index >= 15 is 0 Å². The smallest absolute Gasteiger partial charge is 0.237 e. The molecule has 1 saturated carbocycles. The van der Waals surface area contributed by atoms with E-state index in [9.17, 15) is 4.79 Å². The Hall–Kier alpha value is -0.610. The molecule has 1 aliphatic carbocycles. The minimum atomic E-state index is 0.0437. The second-order valence-corrected chi connectivity index (χ2v) is 5.49. The molecule has 2 aliphatic rings. The molecule has 0 radical (unpaired) electrons. The highest BCUT2D eigenvalue weighted by Gasteiger charge is 2.29. The molecular formula is C13H25N3O. The highest BCUT2D eigenvalue weighted by molar-refractivity contribution is 5.81. The predicted octanol–water partition coefficient (Wildman–Crippen LogP) is 0.727. The van der Waals surface area contributed by atoms with Crippen LogP contribution >= 0.6 is 0 Å². The van der Waals surface area contributed by atoms with Gasteiger partial charge in [0.15, 0.2) is 0 Å². The molecule has 17 heavy (non-hydrogen) atoms. The maximum atomic E-state index is 11.9. The molecule has 2 N–H and O–H groups in total. The van der Waals surface area contributed by atoms with Crippen molar-refractivity contribution < 1.29 is 4.79 Å². The van der Waals surface area contributed by atoms with Crippen molar-refractivity contribution in [3.63, 3.8) is 0 Å². The zero-order chi connectivity index (χ0) is 12.3. The molecule has 1 amide bonds. The van der Waals surface area contributed by atoms with Gasteiger partial charge in [0.25, 0.3) is 0 Å². The average molecular weight is 239 g/mol. The fourth-order valence-electron chi connectivity index (χ4n) is 2.43. The van der Waals surface area contributed by atoms with Crippen LogP contribution in [0, 0.1) is 0 Å². The number of carbonyl (C=O) groups is 1. The minimum absolute atomic E-state index is 0.0437. The van der Waals surface area contributed by atoms with Crippen molar-refractivity contribution in [1.82, 2.24) is 15.5 Å². The van der Waals surface area contributed by atoms with Crippen molar-refractivity contribution >= 4 is 5.91 Å². The maximum Gasteiger partial charge on any atom is 0.237 e. The highest BCUT2D eigenvalue weighted by atomic mass is 16.2. The second-order valence-electron chi connectivity index (χ2n) is 5.49. The van der Waals surface area contributed by atoms with Crippen LogP contribution in [0.4, 0.5) is 0 Å². The van der Waals surface area contributed by atoms with Gasteiger partial charge in [-0.3, -0.25) is 9.69 Å². The molecule has 2 rings (SSSR count). The number of hydrogen-bond acceptors (Lipinski definition) is 3. The molecule has 2 fully saturated rings. The van der Waals surface area contributed by atoms with Crippen LogP contribution in [0.25, 0.3) is 0 Å². The highest BCUT2D eigenvalue weighted by Crippen LogP contribution is 2.26. The third kappa shape index (κ3) is 3.68. The standard InChI is InChI=1S/C13H25N3O/c1-10(16(2)11-6-7-11)9-15-13(17)12-5-3-4-8-14-12/h10-12,14H,3-9H2,1-2H3,(H,15,17)/t10?,12-/m0/s1. The molecular weight excluding hydrogens is 214 g/mol. The van der Waals surface area contributed by atoms with Gasteiger partial charge < -0.3 is 10.6 Å². The van der Waals surface area contributed by atoms with E-state index in [2.05, 4.69) is 29.5 Å². The maximum absolute atomic E-state index is 11.9. The molecule has 4 nitrogen and oxygen atoms in total. The first-order valence-electron chi connectivity index (χ1n) is 6.91. The number of rotatable bonds is 5. The molecule has 98 valence electrons. The quantitative estimate of drug-likeness (QED) is 0.743. The van der Waals surface area contributed by atoms with Crippen LogP contribution in [-0.2, 0) is 4.79 Å². The van der Waals surface area contributed by atoms with Gasteiger partial charge in [0.1, 0.15) is 0 Å². The third-order valence-electron chi connectivity index (χ3n) is 4.02. The van der Waals surface area contributed by atoms with Gasteiger partial charge in [0.2, 0.25) is 5.91 Å². The number of carbonyl (C=O) groups excluding carboxylic acids is 1. The summed E-state index contributed by atoms with van der Waals surface area (Å²) < 4.78 is 0. The summed E-state index contributed by atoms with van der Waals surface area (Å²) in [6.07, 6.45) is 5.99. The third-order valence-corrected chi connectivity index (χ3v) is 4.02. The Morgan fingerprint density at radius 3 is 2.76 bits per heavy atom. The molecule has 0 spiro atoms. The van der Waals surface area contributed by atoms with E-state index in [0.717, 1.165) is 25.6 Å². The molecule has 0 aromatic carbocycles. The lowest BCUT2D eigenvalue weighted by atomic mass is 10.0. The Morgan fingerprint density at radius 1 is 1.41 bits per heavy atom. The topological polar surface area (TPSA) is 44.4 Å². The van der Waals surface area contributed by atoms with Crippen molar-refractivity contribution in [3.8, 4) is 0 Å². The van der Waals surface area contributed by atoms with Gasteiger partial charge >= 0.3 is 0 Å². The molecule has 1 aliphatic heterocycles. The van der Waals surface area contributed by atoms with E-state index < -0.39 is 0 Å². The van der Waals surface area contributed by atoms with Crippen molar-refractivity contribution in [2.45, 2.75) is 57.2 Å². The number of nitrogens with one attached hydrogen (secondary N) is 2. The van der Waals surface area contributed by atoms with Gasteiger partial charge in [0, 0.05) is 18.6 Å². The number of hydrogen-bond donors (Lipinski definition) is 2. The zero-order valence-electron chi connectivity index (χ0n) is 11.0. The molecule has 0 aromatic heterocycles. The van der Waals surface area contributed by atoms with Gasteiger partial charge in [-0.25, -0.2) is 0 Å². The Morgan fingerprint density at radius 2 is 2.18 bits per heavy atom. The predicted molar refractivity (Wildman–Crippen MR) is 68.9 cm³/mol. The Kier molecular flexibility index (Phi) is 4.40. The summed E-state index contributed by atoms with van der Waals surface area (Å²) in [6.45, 7) is 3.94. The monoisotopic (exact) mass is 239 g/mol. The van der Waals surface area contributed by atoms with Gasteiger partial charge in [-0.05, 0) is 46.2 Å². The van der Waals surface area contributed by atoms with Crippen molar-refractivity contribution in [1.29, 1.82) is 0 Å². The van der Waals surface area contributed by atoms with Crippen LogP contribution in [0.1, 0.15) is 39.0 Å². The molecule has 0 bridgehead atoms. The minimum Gasteiger partial charge on any atom is -0.353 e. The fourth-order valence-corrected chi connectivity index (χ4v) is 2.43. The van der Waals surface area contributed by atoms with E-state index in [1.54, 1.807) is 0 Å². The first kappa shape index (κ1) is 12.8. The first-order valence-corrected chi connectivity index (χ1v) is 6.91. The van der Waals surface area contributed by atoms with Gasteiger partial charge in [-0.15, -0.1) is 0 Å². The summed E-state index contributed by atoms with van der Waals surface area (Å²) >= 11 is 0. The number of likely N-dealkylation sites (N-methyl/N-ethyl adjacent to an activating group) is 1. The van der Waals surface area contributed by atoms with Crippen molar-refractivity contribution in [3.05, 3.63) is 0 Å². The van der Waals surface area contributed by atoms with Crippen LogP contribution in [0.5, 0.6) is 0 Å². The van der Waals surface area contributed by atoms with Gasteiger partial charge in [0.05, 0.1) is 6.04 Å². The molecule has 1 heterocycles.